The Morgan fingerprint density at radius 1 is 1.08 bits per heavy atom. The molecule has 0 aromatic heterocycles. The number of rotatable bonds is 6. The lowest BCUT2D eigenvalue weighted by Gasteiger charge is -2.16. The van der Waals surface area contributed by atoms with E-state index in [-0.39, 0.29) is 0 Å². The van der Waals surface area contributed by atoms with Gasteiger partial charge in [-0.15, -0.1) is 0 Å². The maximum atomic E-state index is 6.06. The normalized spacial score (nSPS) is 13.2. The van der Waals surface area contributed by atoms with Crippen molar-refractivity contribution < 1.29 is 19.0 Å². The molecular weight excluding hydrogens is 318 g/mol. The van der Waals surface area contributed by atoms with E-state index < -0.39 is 0 Å². The van der Waals surface area contributed by atoms with Crippen molar-refractivity contribution in [2.45, 2.75) is 20.5 Å². The fraction of sp³-hybridized carbons (Fsp3) is 0.300. The van der Waals surface area contributed by atoms with Crippen LogP contribution in [0.25, 0.3) is 5.70 Å². The molecule has 1 saturated heterocycles. The van der Waals surface area contributed by atoms with Crippen molar-refractivity contribution >= 4 is 5.70 Å². The third-order valence-electron chi connectivity index (χ3n) is 3.97. The van der Waals surface area contributed by atoms with Gasteiger partial charge in [0, 0.05) is 5.56 Å². The van der Waals surface area contributed by atoms with Crippen LogP contribution in [0.3, 0.4) is 0 Å². The summed E-state index contributed by atoms with van der Waals surface area (Å²) in [7, 11) is 1.56. The number of benzene rings is 2. The molecule has 3 rings (SSSR count). The van der Waals surface area contributed by atoms with Gasteiger partial charge < -0.3 is 14.2 Å². The highest BCUT2D eigenvalue weighted by Crippen LogP contribution is 2.26. The average molecular weight is 341 g/mol. The van der Waals surface area contributed by atoms with Crippen LogP contribution in [0.1, 0.15) is 22.3 Å². The molecule has 132 valence electrons. The fourth-order valence-corrected chi connectivity index (χ4v) is 2.67. The first-order valence-corrected chi connectivity index (χ1v) is 8.26. The van der Waals surface area contributed by atoms with Crippen molar-refractivity contribution in [1.29, 1.82) is 0 Å². The molecular formula is C20H23NO4. The monoisotopic (exact) mass is 341 g/mol. The van der Waals surface area contributed by atoms with Gasteiger partial charge in [0.1, 0.15) is 31.3 Å². The van der Waals surface area contributed by atoms with Gasteiger partial charge in [-0.3, -0.25) is 10.3 Å². The van der Waals surface area contributed by atoms with Crippen molar-refractivity contribution in [3.05, 3.63) is 70.7 Å². The SMILES string of the molecule is CONC(=C1OCCO1)c1ccccc1COc1cc(C)ccc1C. The zero-order valence-electron chi connectivity index (χ0n) is 14.8. The lowest BCUT2D eigenvalue weighted by atomic mass is 10.1. The molecule has 0 bridgehead atoms. The molecule has 1 fully saturated rings. The summed E-state index contributed by atoms with van der Waals surface area (Å²) in [6.45, 7) is 5.60. The molecule has 0 spiro atoms. The molecule has 1 heterocycles. The maximum absolute atomic E-state index is 6.06. The predicted octanol–water partition coefficient (Wildman–Crippen LogP) is 3.71. The van der Waals surface area contributed by atoms with Crippen molar-refractivity contribution in [3.8, 4) is 5.75 Å². The largest absolute Gasteiger partial charge is 0.489 e. The first-order valence-electron chi connectivity index (χ1n) is 8.26. The zero-order valence-corrected chi connectivity index (χ0v) is 14.8. The van der Waals surface area contributed by atoms with Crippen molar-refractivity contribution in [2.24, 2.45) is 0 Å². The molecule has 0 amide bonds. The molecule has 0 radical (unpaired) electrons. The Labute approximate surface area is 148 Å². The second kappa shape index (κ2) is 7.94. The van der Waals surface area contributed by atoms with E-state index in [0.717, 1.165) is 22.4 Å². The second-order valence-electron chi connectivity index (χ2n) is 5.88. The van der Waals surface area contributed by atoms with Gasteiger partial charge in [-0.05, 0) is 36.6 Å². The number of hydrogen-bond acceptors (Lipinski definition) is 5. The summed E-state index contributed by atoms with van der Waals surface area (Å²) < 4.78 is 17.2. The van der Waals surface area contributed by atoms with Crippen LogP contribution >= 0.6 is 0 Å². The highest BCUT2D eigenvalue weighted by Gasteiger charge is 2.20. The molecule has 25 heavy (non-hydrogen) atoms. The zero-order chi connectivity index (χ0) is 17.6. The average Bonchev–Trinajstić information content (AvgIpc) is 3.15. The van der Waals surface area contributed by atoms with Gasteiger partial charge in [0.25, 0.3) is 0 Å². The summed E-state index contributed by atoms with van der Waals surface area (Å²) in [4.78, 5) is 5.11. The Kier molecular flexibility index (Phi) is 5.46. The fourth-order valence-electron chi connectivity index (χ4n) is 2.67. The van der Waals surface area contributed by atoms with Crippen LogP contribution in [0, 0.1) is 13.8 Å². The van der Waals surface area contributed by atoms with E-state index in [0.29, 0.717) is 31.5 Å². The summed E-state index contributed by atoms with van der Waals surface area (Å²) in [5.74, 6) is 1.33. The van der Waals surface area contributed by atoms with E-state index >= 15 is 0 Å². The van der Waals surface area contributed by atoms with Crippen LogP contribution in [0.15, 0.2) is 48.4 Å². The minimum absolute atomic E-state index is 0.433. The van der Waals surface area contributed by atoms with Crippen LogP contribution in [-0.4, -0.2) is 20.3 Å². The molecule has 5 nitrogen and oxygen atoms in total. The summed E-state index contributed by atoms with van der Waals surface area (Å²) in [6.07, 6.45) is 0. The van der Waals surface area contributed by atoms with Crippen LogP contribution in [0.2, 0.25) is 0 Å². The third-order valence-corrected chi connectivity index (χ3v) is 3.97. The number of hydroxylamine groups is 1. The Morgan fingerprint density at radius 2 is 1.84 bits per heavy atom. The van der Waals surface area contributed by atoms with Gasteiger partial charge in [-0.1, -0.05) is 36.4 Å². The predicted molar refractivity (Wildman–Crippen MR) is 95.7 cm³/mol. The highest BCUT2D eigenvalue weighted by atomic mass is 16.7. The molecule has 0 aliphatic carbocycles. The topological polar surface area (TPSA) is 49.0 Å². The standard InChI is InChI=1S/C20H23NO4/c1-14-8-9-15(2)18(12-14)25-13-16-6-4-5-7-17(16)19(21-22-3)20-23-10-11-24-20/h4-9,12,21H,10-11,13H2,1-3H3. The molecule has 2 aromatic carbocycles. The summed E-state index contributed by atoms with van der Waals surface area (Å²) in [5.41, 5.74) is 7.75. The first-order chi connectivity index (χ1) is 12.2. The smallest absolute Gasteiger partial charge is 0.306 e. The van der Waals surface area contributed by atoms with E-state index in [9.17, 15) is 0 Å². The Hall–Kier alpha value is -2.66. The number of nitrogens with one attached hydrogen (secondary N) is 1. The van der Waals surface area contributed by atoms with Crippen LogP contribution in [0.5, 0.6) is 5.75 Å². The van der Waals surface area contributed by atoms with Gasteiger partial charge >= 0.3 is 5.95 Å². The van der Waals surface area contributed by atoms with Gasteiger partial charge in [0.15, 0.2) is 0 Å². The molecule has 1 N–H and O–H groups in total. The quantitative estimate of drug-likeness (QED) is 0.812. The van der Waals surface area contributed by atoms with Crippen molar-refractivity contribution in [1.82, 2.24) is 5.48 Å². The van der Waals surface area contributed by atoms with Crippen molar-refractivity contribution in [2.75, 3.05) is 20.3 Å². The van der Waals surface area contributed by atoms with Gasteiger partial charge in [-0.2, -0.15) is 0 Å². The third kappa shape index (κ3) is 4.06. The van der Waals surface area contributed by atoms with Gasteiger partial charge in [0.05, 0.1) is 7.11 Å². The Morgan fingerprint density at radius 3 is 2.60 bits per heavy atom. The molecule has 1 aliphatic rings. The molecule has 2 aromatic rings. The second-order valence-corrected chi connectivity index (χ2v) is 5.88. The van der Waals surface area contributed by atoms with Crippen molar-refractivity contribution in [3.63, 3.8) is 0 Å². The minimum Gasteiger partial charge on any atom is -0.489 e. The number of ether oxygens (including phenoxy) is 3. The number of hydrogen-bond donors (Lipinski definition) is 1. The minimum atomic E-state index is 0.433. The van der Waals surface area contributed by atoms with Crippen LogP contribution in [0.4, 0.5) is 0 Å². The van der Waals surface area contributed by atoms with Gasteiger partial charge in [-0.25, -0.2) is 0 Å². The summed E-state index contributed by atoms with van der Waals surface area (Å²) in [6, 6.07) is 14.1. The maximum Gasteiger partial charge on any atom is 0.306 e. The summed E-state index contributed by atoms with van der Waals surface area (Å²) in [5, 5.41) is 0. The highest BCUT2D eigenvalue weighted by molar-refractivity contribution is 5.67. The van der Waals surface area contributed by atoms with E-state index in [4.69, 9.17) is 19.0 Å². The van der Waals surface area contributed by atoms with E-state index in [1.165, 1.54) is 5.56 Å². The van der Waals surface area contributed by atoms with E-state index in [1.54, 1.807) is 7.11 Å². The molecule has 1 aliphatic heterocycles. The van der Waals surface area contributed by atoms with Crippen LogP contribution in [-0.2, 0) is 20.9 Å². The molecule has 0 unspecified atom stereocenters. The lowest BCUT2D eigenvalue weighted by molar-refractivity contribution is 0.119. The van der Waals surface area contributed by atoms with Crippen LogP contribution < -0.4 is 10.2 Å². The first kappa shape index (κ1) is 17.2. The Balaban J connectivity index is 1.87. The van der Waals surface area contributed by atoms with Gasteiger partial charge in [0.2, 0.25) is 0 Å². The van der Waals surface area contributed by atoms with E-state index in [1.807, 2.05) is 37.3 Å². The molecule has 0 saturated carbocycles. The van der Waals surface area contributed by atoms with E-state index in [2.05, 4.69) is 24.5 Å². The molecule has 5 heteroatoms. The number of aryl methyl sites for hydroxylation is 2. The molecule has 0 atom stereocenters. The Bertz CT molecular complexity index is 762. The summed E-state index contributed by atoms with van der Waals surface area (Å²) >= 11 is 0. The lowest BCUT2D eigenvalue weighted by Crippen LogP contribution is -2.15.